The number of aliphatic imine (C=N–C) groups is 1. The number of amides is 1. The van der Waals surface area contributed by atoms with Crippen LogP contribution in [0.1, 0.15) is 17.5 Å². The predicted molar refractivity (Wildman–Crippen MR) is 135 cm³/mol. The van der Waals surface area contributed by atoms with Crippen molar-refractivity contribution in [1.29, 1.82) is 5.41 Å². The van der Waals surface area contributed by atoms with Crippen molar-refractivity contribution in [3.8, 4) is 0 Å². The normalized spacial score (nSPS) is 19.5. The van der Waals surface area contributed by atoms with Gasteiger partial charge in [-0.2, -0.15) is 0 Å². The van der Waals surface area contributed by atoms with Crippen molar-refractivity contribution in [3.63, 3.8) is 0 Å². The summed E-state index contributed by atoms with van der Waals surface area (Å²) in [6, 6.07) is 17.7. The average Bonchev–Trinajstić information content (AvgIpc) is 3.02. The van der Waals surface area contributed by atoms with Crippen molar-refractivity contribution < 1.29 is 9.53 Å². The maximum Gasteiger partial charge on any atom is 0.264 e. The second-order valence-corrected chi connectivity index (χ2v) is 8.45. The Morgan fingerprint density at radius 3 is 2.76 bits per heavy atom. The standard InChI is InChI=1S/C26H32N6O2/c1-31(18-20(17-27)24-28-13-8-14-32(24)15-16-34-2)25-26(33)29-22-12-7-6-11-21(22)23(30-25)19-9-4-3-5-10-19/h3-7,9-12,17,25,27-28H,8,13-16,18H2,1-2H3,(H,29,33)/b24-20-,27-17?. The van der Waals surface area contributed by atoms with Gasteiger partial charge in [0.05, 0.1) is 18.0 Å². The summed E-state index contributed by atoms with van der Waals surface area (Å²) in [6.45, 7) is 3.52. The van der Waals surface area contributed by atoms with Gasteiger partial charge in [-0.1, -0.05) is 48.5 Å². The van der Waals surface area contributed by atoms with Crippen molar-refractivity contribution in [2.45, 2.75) is 12.6 Å². The van der Waals surface area contributed by atoms with Crippen LogP contribution in [-0.2, 0) is 9.53 Å². The maximum absolute atomic E-state index is 13.3. The molecule has 1 fully saturated rings. The lowest BCUT2D eigenvalue weighted by atomic mass is 10.0. The molecule has 2 aromatic rings. The molecule has 1 unspecified atom stereocenters. The van der Waals surface area contributed by atoms with Crippen LogP contribution in [0.25, 0.3) is 0 Å². The summed E-state index contributed by atoms with van der Waals surface area (Å²) < 4.78 is 5.26. The van der Waals surface area contributed by atoms with E-state index in [1.54, 1.807) is 7.11 Å². The molecule has 0 bridgehead atoms. The van der Waals surface area contributed by atoms with Crippen LogP contribution < -0.4 is 10.6 Å². The lowest BCUT2D eigenvalue weighted by Crippen LogP contribution is -2.45. The Kier molecular flexibility index (Phi) is 7.72. The molecule has 1 atom stereocenters. The number of benzodiazepines with no additional fused rings is 1. The highest BCUT2D eigenvalue weighted by Gasteiger charge is 2.30. The van der Waals surface area contributed by atoms with Gasteiger partial charge in [0.2, 0.25) is 0 Å². The molecule has 8 nitrogen and oxygen atoms in total. The van der Waals surface area contributed by atoms with Crippen molar-refractivity contribution in [2.24, 2.45) is 4.99 Å². The van der Waals surface area contributed by atoms with Crippen LogP contribution in [0.5, 0.6) is 0 Å². The number of likely N-dealkylation sites (N-methyl/N-ethyl adjacent to an activating group) is 1. The van der Waals surface area contributed by atoms with E-state index in [-0.39, 0.29) is 5.91 Å². The number of ether oxygens (including phenoxy) is 1. The lowest BCUT2D eigenvalue weighted by Gasteiger charge is -2.35. The van der Waals surface area contributed by atoms with E-state index >= 15 is 0 Å². The molecule has 2 heterocycles. The number of fused-ring (bicyclic) bond motifs is 1. The zero-order valence-corrected chi connectivity index (χ0v) is 19.8. The summed E-state index contributed by atoms with van der Waals surface area (Å²) in [6.07, 6.45) is 1.66. The number of hydrogen-bond donors (Lipinski definition) is 3. The van der Waals surface area contributed by atoms with Gasteiger partial charge < -0.3 is 25.7 Å². The first-order valence-electron chi connectivity index (χ1n) is 11.6. The Morgan fingerprint density at radius 2 is 2.00 bits per heavy atom. The first-order valence-corrected chi connectivity index (χ1v) is 11.6. The van der Waals surface area contributed by atoms with Gasteiger partial charge in [0.25, 0.3) is 5.91 Å². The van der Waals surface area contributed by atoms with Crippen LogP contribution in [0.3, 0.4) is 0 Å². The van der Waals surface area contributed by atoms with Gasteiger partial charge in [0, 0.05) is 56.2 Å². The molecular weight excluding hydrogens is 428 g/mol. The molecule has 2 aliphatic heterocycles. The number of rotatable bonds is 8. The highest BCUT2D eigenvalue weighted by atomic mass is 16.5. The third-order valence-electron chi connectivity index (χ3n) is 6.07. The zero-order chi connectivity index (χ0) is 23.9. The third kappa shape index (κ3) is 5.18. The molecule has 4 rings (SSSR count). The number of nitrogens with one attached hydrogen (secondary N) is 3. The van der Waals surface area contributed by atoms with E-state index in [1.807, 2.05) is 66.5 Å². The number of nitrogens with zero attached hydrogens (tertiary/aromatic N) is 3. The zero-order valence-electron chi connectivity index (χ0n) is 19.8. The SMILES string of the molecule is COCCN1CCCN/C1=C(\C=N)CN(C)C1N=C(c2ccccc2)c2ccccc2NC1=O. The molecule has 3 N–H and O–H groups in total. The minimum absolute atomic E-state index is 0.192. The predicted octanol–water partition coefficient (Wildman–Crippen LogP) is 2.54. The molecule has 34 heavy (non-hydrogen) atoms. The van der Waals surface area contributed by atoms with Crippen LogP contribution >= 0.6 is 0 Å². The molecule has 1 saturated heterocycles. The Balaban J connectivity index is 1.67. The van der Waals surface area contributed by atoms with Crippen LogP contribution in [0.2, 0.25) is 0 Å². The van der Waals surface area contributed by atoms with Gasteiger partial charge in [-0.25, -0.2) is 0 Å². The van der Waals surface area contributed by atoms with E-state index in [1.165, 1.54) is 6.21 Å². The van der Waals surface area contributed by atoms with E-state index in [2.05, 4.69) is 15.5 Å². The van der Waals surface area contributed by atoms with Gasteiger partial charge in [0.1, 0.15) is 5.82 Å². The molecule has 0 aliphatic carbocycles. The monoisotopic (exact) mass is 460 g/mol. The van der Waals surface area contributed by atoms with Crippen molar-refractivity contribution in [3.05, 3.63) is 77.1 Å². The summed E-state index contributed by atoms with van der Waals surface area (Å²) in [5.41, 5.74) is 4.17. The summed E-state index contributed by atoms with van der Waals surface area (Å²) in [5, 5.41) is 14.6. The largest absolute Gasteiger partial charge is 0.383 e. The van der Waals surface area contributed by atoms with E-state index in [9.17, 15) is 4.79 Å². The summed E-state index contributed by atoms with van der Waals surface area (Å²) in [5.74, 6) is 0.734. The number of anilines is 1. The Morgan fingerprint density at radius 1 is 1.24 bits per heavy atom. The lowest BCUT2D eigenvalue weighted by molar-refractivity contribution is -0.120. The van der Waals surface area contributed by atoms with Gasteiger partial charge in [-0.15, -0.1) is 0 Å². The van der Waals surface area contributed by atoms with Crippen molar-refractivity contribution in [2.75, 3.05) is 52.3 Å². The average molecular weight is 461 g/mol. The minimum atomic E-state index is -0.742. The Bertz CT molecular complexity index is 1080. The van der Waals surface area contributed by atoms with Crippen molar-refractivity contribution in [1.82, 2.24) is 15.1 Å². The van der Waals surface area contributed by atoms with Gasteiger partial charge in [0.15, 0.2) is 6.17 Å². The fraction of sp³-hybridized carbons (Fsp3) is 0.346. The number of hydrogen-bond acceptors (Lipinski definition) is 7. The van der Waals surface area contributed by atoms with Crippen LogP contribution in [0, 0.1) is 5.41 Å². The molecule has 0 saturated carbocycles. The van der Waals surface area contributed by atoms with Gasteiger partial charge in [-0.3, -0.25) is 14.7 Å². The molecule has 1 amide bonds. The topological polar surface area (TPSA) is 93.1 Å². The maximum atomic E-state index is 13.3. The first-order chi connectivity index (χ1) is 16.6. The molecule has 8 heteroatoms. The number of benzene rings is 2. The van der Waals surface area contributed by atoms with E-state index in [0.29, 0.717) is 13.2 Å². The summed E-state index contributed by atoms with van der Waals surface area (Å²) in [7, 11) is 3.57. The summed E-state index contributed by atoms with van der Waals surface area (Å²) >= 11 is 0. The van der Waals surface area contributed by atoms with Gasteiger partial charge in [-0.05, 0) is 19.5 Å². The quantitative estimate of drug-likeness (QED) is 0.527. The molecule has 0 aromatic heterocycles. The molecule has 0 spiro atoms. The number of methoxy groups -OCH3 is 1. The Labute approximate surface area is 200 Å². The fourth-order valence-corrected chi connectivity index (χ4v) is 4.36. The van der Waals surface area contributed by atoms with Crippen LogP contribution in [0.15, 0.2) is 71.0 Å². The molecule has 2 aromatic carbocycles. The number of para-hydroxylation sites is 1. The summed E-state index contributed by atoms with van der Waals surface area (Å²) in [4.78, 5) is 22.3. The molecule has 2 aliphatic rings. The van der Waals surface area contributed by atoms with E-state index in [0.717, 1.165) is 60.0 Å². The van der Waals surface area contributed by atoms with Crippen molar-refractivity contribution >= 4 is 23.5 Å². The minimum Gasteiger partial charge on any atom is -0.383 e. The van der Waals surface area contributed by atoms with Crippen LogP contribution in [-0.4, -0.2) is 80.7 Å². The van der Waals surface area contributed by atoms with E-state index < -0.39 is 6.17 Å². The second-order valence-electron chi connectivity index (χ2n) is 8.45. The first kappa shape index (κ1) is 23.7. The highest BCUT2D eigenvalue weighted by Crippen LogP contribution is 2.25. The van der Waals surface area contributed by atoms with Crippen LogP contribution in [0.4, 0.5) is 5.69 Å². The molecular formula is C26H32N6O2. The third-order valence-corrected chi connectivity index (χ3v) is 6.07. The molecule has 178 valence electrons. The number of carbonyl (C=O) groups excluding carboxylic acids is 1. The number of carbonyl (C=O) groups is 1. The van der Waals surface area contributed by atoms with E-state index in [4.69, 9.17) is 15.1 Å². The van der Waals surface area contributed by atoms with Gasteiger partial charge >= 0.3 is 0 Å². The smallest absolute Gasteiger partial charge is 0.264 e. The Hall–Kier alpha value is -3.49. The second kappa shape index (κ2) is 11.1. The molecule has 0 radical (unpaired) electrons. The highest BCUT2D eigenvalue weighted by molar-refractivity contribution is 6.19. The fourth-order valence-electron chi connectivity index (χ4n) is 4.36.